The molecular weight excluding hydrogens is 276 g/mol. The Hall–Kier alpha value is -2.62. The van der Waals surface area contributed by atoms with Gasteiger partial charge in [0.05, 0.1) is 41.8 Å². The molecule has 0 N–H and O–H groups in total. The van der Waals surface area contributed by atoms with Crippen LogP contribution in [0.1, 0.15) is 30.6 Å². The maximum Gasteiger partial charge on any atom is 0.283 e. The number of hydrogen-bond donors (Lipinski definition) is 0. The lowest BCUT2D eigenvalue weighted by molar-refractivity contribution is -0.385. The standard InChI is InChI=1S/C14H16N2O5/c1-14(2,9-15)4-5-21-13-7-11(16(18)19)10(8-17)6-12(13)20-3/h6-8H,4-5H2,1-3H3. The van der Waals surface area contributed by atoms with E-state index in [1.54, 1.807) is 13.8 Å². The van der Waals surface area contributed by atoms with Crippen LogP contribution in [0.3, 0.4) is 0 Å². The average Bonchev–Trinajstić information content (AvgIpc) is 2.46. The largest absolute Gasteiger partial charge is 0.493 e. The van der Waals surface area contributed by atoms with Crippen molar-refractivity contribution in [3.63, 3.8) is 0 Å². The van der Waals surface area contributed by atoms with Gasteiger partial charge in [0.2, 0.25) is 0 Å². The summed E-state index contributed by atoms with van der Waals surface area (Å²) in [4.78, 5) is 21.1. The van der Waals surface area contributed by atoms with Gasteiger partial charge in [-0.2, -0.15) is 5.26 Å². The summed E-state index contributed by atoms with van der Waals surface area (Å²) in [6, 6.07) is 4.55. The molecule has 0 radical (unpaired) electrons. The fourth-order valence-electron chi connectivity index (χ4n) is 1.56. The van der Waals surface area contributed by atoms with Crippen molar-refractivity contribution in [2.24, 2.45) is 5.41 Å². The molecule has 0 aliphatic rings. The number of nitrogens with zero attached hydrogens (tertiary/aromatic N) is 2. The Labute approximate surface area is 122 Å². The van der Waals surface area contributed by atoms with Crippen LogP contribution >= 0.6 is 0 Å². The van der Waals surface area contributed by atoms with Gasteiger partial charge in [-0.15, -0.1) is 0 Å². The molecule has 0 saturated carbocycles. The lowest BCUT2D eigenvalue weighted by atomic mass is 9.92. The van der Waals surface area contributed by atoms with E-state index in [-0.39, 0.29) is 29.4 Å². The molecule has 0 spiro atoms. The minimum absolute atomic E-state index is 0.0819. The molecule has 0 heterocycles. The first-order valence-electron chi connectivity index (χ1n) is 6.20. The Balaban J connectivity index is 3.01. The minimum atomic E-state index is -0.657. The van der Waals surface area contributed by atoms with Gasteiger partial charge in [0.15, 0.2) is 17.8 Å². The lowest BCUT2D eigenvalue weighted by Crippen LogP contribution is -2.13. The number of aldehydes is 1. The van der Waals surface area contributed by atoms with Crippen molar-refractivity contribution >= 4 is 12.0 Å². The van der Waals surface area contributed by atoms with E-state index < -0.39 is 10.3 Å². The summed E-state index contributed by atoms with van der Waals surface area (Å²) in [6.07, 6.45) is 0.846. The number of ether oxygens (including phenoxy) is 2. The third-order valence-electron chi connectivity index (χ3n) is 2.92. The van der Waals surface area contributed by atoms with Gasteiger partial charge in [0.25, 0.3) is 5.69 Å². The molecule has 112 valence electrons. The van der Waals surface area contributed by atoms with Crippen molar-refractivity contribution in [2.45, 2.75) is 20.3 Å². The van der Waals surface area contributed by atoms with Crippen LogP contribution in [0.25, 0.3) is 0 Å². The second kappa shape index (κ2) is 6.70. The Bertz CT molecular complexity index is 590. The SMILES string of the molecule is COc1cc(C=O)c([N+](=O)[O-])cc1OCCC(C)(C)C#N. The van der Waals surface area contributed by atoms with Crippen molar-refractivity contribution in [1.29, 1.82) is 5.26 Å². The molecule has 1 rings (SSSR count). The number of nitro benzene ring substituents is 1. The zero-order chi connectivity index (χ0) is 16.0. The molecule has 1 aromatic rings. The van der Waals surface area contributed by atoms with Crippen LogP contribution in [0.2, 0.25) is 0 Å². The topological polar surface area (TPSA) is 102 Å². The first kappa shape index (κ1) is 16.4. The Morgan fingerprint density at radius 2 is 2.10 bits per heavy atom. The zero-order valence-electron chi connectivity index (χ0n) is 12.1. The van der Waals surface area contributed by atoms with Crippen LogP contribution in [-0.2, 0) is 0 Å². The minimum Gasteiger partial charge on any atom is -0.493 e. The number of carbonyl (C=O) groups excluding carboxylic acids is 1. The number of nitriles is 1. The highest BCUT2D eigenvalue weighted by Gasteiger charge is 2.21. The van der Waals surface area contributed by atoms with Crippen molar-refractivity contribution in [1.82, 2.24) is 0 Å². The molecule has 0 bridgehead atoms. The number of carbonyl (C=O) groups is 1. The molecule has 7 heteroatoms. The van der Waals surface area contributed by atoms with Crippen LogP contribution in [0.5, 0.6) is 11.5 Å². The molecule has 21 heavy (non-hydrogen) atoms. The highest BCUT2D eigenvalue weighted by atomic mass is 16.6. The van der Waals surface area contributed by atoms with Crippen molar-refractivity contribution in [3.8, 4) is 17.6 Å². The fourth-order valence-corrected chi connectivity index (χ4v) is 1.56. The Kier molecular flexibility index (Phi) is 5.24. The third kappa shape index (κ3) is 4.18. The van der Waals surface area contributed by atoms with E-state index in [4.69, 9.17) is 14.7 Å². The lowest BCUT2D eigenvalue weighted by Gasteiger charge is -2.16. The van der Waals surface area contributed by atoms with Crippen LogP contribution in [-0.4, -0.2) is 24.9 Å². The monoisotopic (exact) mass is 292 g/mol. The molecule has 7 nitrogen and oxygen atoms in total. The van der Waals surface area contributed by atoms with Crippen LogP contribution in [0, 0.1) is 26.9 Å². The highest BCUT2D eigenvalue weighted by molar-refractivity contribution is 5.83. The second-order valence-corrected chi connectivity index (χ2v) is 5.03. The Morgan fingerprint density at radius 1 is 1.43 bits per heavy atom. The average molecular weight is 292 g/mol. The summed E-state index contributed by atoms with van der Waals surface area (Å²) in [7, 11) is 1.38. The summed E-state index contributed by atoms with van der Waals surface area (Å²) in [5.74, 6) is 0.404. The molecule has 0 aromatic heterocycles. The van der Waals surface area contributed by atoms with E-state index in [9.17, 15) is 14.9 Å². The molecule has 1 aromatic carbocycles. The number of methoxy groups -OCH3 is 1. The summed E-state index contributed by atoms with van der Waals surface area (Å²) in [5.41, 5.74) is -0.982. The van der Waals surface area contributed by atoms with Crippen LogP contribution in [0.4, 0.5) is 5.69 Å². The van der Waals surface area contributed by atoms with Crippen LogP contribution in [0.15, 0.2) is 12.1 Å². The summed E-state index contributed by atoms with van der Waals surface area (Å²) >= 11 is 0. The van der Waals surface area contributed by atoms with Gasteiger partial charge >= 0.3 is 0 Å². The molecule has 0 unspecified atom stereocenters. The second-order valence-electron chi connectivity index (χ2n) is 5.03. The van der Waals surface area contributed by atoms with Gasteiger partial charge in [-0.05, 0) is 20.3 Å². The summed E-state index contributed by atoms with van der Waals surface area (Å²) in [5, 5.41) is 19.8. The smallest absolute Gasteiger partial charge is 0.283 e. The quantitative estimate of drug-likeness (QED) is 0.435. The molecule has 0 amide bonds. The summed E-state index contributed by atoms with van der Waals surface area (Å²) < 4.78 is 10.5. The van der Waals surface area contributed by atoms with Gasteiger partial charge in [-0.3, -0.25) is 14.9 Å². The van der Waals surface area contributed by atoms with Gasteiger partial charge in [0.1, 0.15) is 0 Å². The van der Waals surface area contributed by atoms with Gasteiger partial charge in [-0.25, -0.2) is 0 Å². The van der Waals surface area contributed by atoms with Gasteiger partial charge in [0, 0.05) is 6.07 Å². The van der Waals surface area contributed by atoms with E-state index in [1.165, 1.54) is 13.2 Å². The van der Waals surface area contributed by atoms with Gasteiger partial charge in [-0.1, -0.05) is 0 Å². The van der Waals surface area contributed by atoms with E-state index in [2.05, 4.69) is 6.07 Å². The van der Waals surface area contributed by atoms with Crippen molar-refractivity contribution in [2.75, 3.05) is 13.7 Å². The first-order valence-corrected chi connectivity index (χ1v) is 6.20. The molecule has 0 saturated heterocycles. The maximum atomic E-state index is 10.9. The number of hydrogen-bond acceptors (Lipinski definition) is 6. The van der Waals surface area contributed by atoms with Crippen LogP contribution < -0.4 is 9.47 Å². The predicted molar refractivity (Wildman–Crippen MR) is 74.5 cm³/mol. The van der Waals surface area contributed by atoms with Crippen molar-refractivity contribution < 1.29 is 19.2 Å². The molecule has 0 aliphatic carbocycles. The zero-order valence-corrected chi connectivity index (χ0v) is 12.1. The molecule has 0 aliphatic heterocycles. The number of nitro groups is 1. The van der Waals surface area contributed by atoms with E-state index in [0.29, 0.717) is 12.7 Å². The normalized spacial score (nSPS) is 10.6. The van der Waals surface area contributed by atoms with E-state index >= 15 is 0 Å². The van der Waals surface area contributed by atoms with Crippen molar-refractivity contribution in [3.05, 3.63) is 27.8 Å². The fraction of sp³-hybridized carbons (Fsp3) is 0.429. The van der Waals surface area contributed by atoms with E-state index in [0.717, 1.165) is 6.07 Å². The number of rotatable bonds is 7. The number of benzene rings is 1. The molecular formula is C14H16N2O5. The van der Waals surface area contributed by atoms with E-state index in [1.807, 2.05) is 0 Å². The maximum absolute atomic E-state index is 10.9. The third-order valence-corrected chi connectivity index (χ3v) is 2.92. The highest BCUT2D eigenvalue weighted by Crippen LogP contribution is 2.34. The summed E-state index contributed by atoms with van der Waals surface area (Å²) in [6.45, 7) is 3.74. The van der Waals surface area contributed by atoms with Gasteiger partial charge < -0.3 is 9.47 Å². The molecule has 0 atom stereocenters. The Morgan fingerprint density at radius 3 is 2.57 bits per heavy atom. The molecule has 0 fully saturated rings. The predicted octanol–water partition coefficient (Wildman–Crippen LogP) is 2.73. The first-order chi connectivity index (χ1) is 9.84.